The Morgan fingerprint density at radius 3 is 2.74 bits per heavy atom. The number of carbonyl (C=O) groups excluding carboxylic acids is 1. The SMILES string of the molecule is NCc1ccc(NC(=O)NCCn2ccnn2)cc1. The molecule has 0 spiro atoms. The Morgan fingerprint density at radius 1 is 1.32 bits per heavy atom. The first-order chi connectivity index (χ1) is 9.28. The molecule has 0 saturated heterocycles. The molecule has 19 heavy (non-hydrogen) atoms. The number of nitrogens with one attached hydrogen (secondary N) is 2. The summed E-state index contributed by atoms with van der Waals surface area (Å²) in [6, 6.07) is 7.15. The van der Waals surface area contributed by atoms with Crippen LogP contribution < -0.4 is 16.4 Å². The molecule has 0 unspecified atom stereocenters. The average molecular weight is 260 g/mol. The molecule has 0 saturated carbocycles. The van der Waals surface area contributed by atoms with Crippen LogP contribution in [0.4, 0.5) is 10.5 Å². The van der Waals surface area contributed by atoms with Crippen LogP contribution in [0.1, 0.15) is 5.56 Å². The highest BCUT2D eigenvalue weighted by Gasteiger charge is 2.01. The zero-order chi connectivity index (χ0) is 13.5. The summed E-state index contributed by atoms with van der Waals surface area (Å²) in [4.78, 5) is 11.6. The number of nitrogens with zero attached hydrogens (tertiary/aromatic N) is 3. The Morgan fingerprint density at radius 2 is 2.11 bits per heavy atom. The number of amides is 2. The maximum absolute atomic E-state index is 11.6. The van der Waals surface area contributed by atoms with Crippen molar-refractivity contribution in [2.24, 2.45) is 5.73 Å². The highest BCUT2D eigenvalue weighted by atomic mass is 16.2. The molecule has 0 fully saturated rings. The molecule has 4 N–H and O–H groups in total. The van der Waals surface area contributed by atoms with E-state index in [1.807, 2.05) is 24.3 Å². The third-order valence-corrected chi connectivity index (χ3v) is 2.55. The minimum absolute atomic E-state index is 0.249. The van der Waals surface area contributed by atoms with Crippen molar-refractivity contribution in [3.63, 3.8) is 0 Å². The van der Waals surface area contributed by atoms with Crippen LogP contribution in [0, 0.1) is 0 Å². The van der Waals surface area contributed by atoms with Crippen LogP contribution in [0.25, 0.3) is 0 Å². The molecular formula is C12H16N6O. The molecule has 2 rings (SSSR count). The number of aromatic nitrogens is 3. The summed E-state index contributed by atoms with van der Waals surface area (Å²) in [6.07, 6.45) is 3.34. The number of carbonyl (C=O) groups is 1. The first kappa shape index (κ1) is 13.0. The van der Waals surface area contributed by atoms with Gasteiger partial charge in [-0.3, -0.25) is 4.68 Å². The average Bonchev–Trinajstić information content (AvgIpc) is 2.93. The van der Waals surface area contributed by atoms with E-state index < -0.39 is 0 Å². The molecule has 0 atom stereocenters. The predicted octanol–water partition coefficient (Wildman–Crippen LogP) is 0.558. The first-order valence-corrected chi connectivity index (χ1v) is 5.96. The summed E-state index contributed by atoms with van der Waals surface area (Å²) >= 11 is 0. The smallest absolute Gasteiger partial charge is 0.319 e. The minimum Gasteiger partial charge on any atom is -0.336 e. The third-order valence-electron chi connectivity index (χ3n) is 2.55. The van der Waals surface area contributed by atoms with Gasteiger partial charge in [0.25, 0.3) is 0 Å². The van der Waals surface area contributed by atoms with Gasteiger partial charge in [-0.25, -0.2) is 4.79 Å². The monoisotopic (exact) mass is 260 g/mol. The minimum atomic E-state index is -0.249. The summed E-state index contributed by atoms with van der Waals surface area (Å²) in [5.74, 6) is 0. The van der Waals surface area contributed by atoms with Gasteiger partial charge in [-0.05, 0) is 17.7 Å². The number of nitrogens with two attached hydrogens (primary N) is 1. The van der Waals surface area contributed by atoms with Gasteiger partial charge in [0, 0.05) is 25.0 Å². The standard InChI is InChI=1S/C12H16N6O/c13-9-10-1-3-11(4-2-10)16-12(19)14-5-7-18-8-6-15-17-18/h1-4,6,8H,5,7,9,13H2,(H2,14,16,19). The highest BCUT2D eigenvalue weighted by molar-refractivity contribution is 5.89. The molecule has 2 amide bonds. The second-order valence-electron chi connectivity index (χ2n) is 3.95. The van der Waals surface area contributed by atoms with E-state index >= 15 is 0 Å². The van der Waals surface area contributed by atoms with E-state index in [1.54, 1.807) is 17.1 Å². The predicted molar refractivity (Wildman–Crippen MR) is 71.4 cm³/mol. The van der Waals surface area contributed by atoms with Crippen LogP contribution >= 0.6 is 0 Å². The quantitative estimate of drug-likeness (QED) is 0.731. The number of rotatable bonds is 5. The Bertz CT molecular complexity index is 508. The Balaban J connectivity index is 1.74. The molecule has 1 aromatic carbocycles. The van der Waals surface area contributed by atoms with E-state index in [1.165, 1.54) is 0 Å². The molecule has 0 aliphatic rings. The molecule has 0 bridgehead atoms. The number of hydrogen-bond acceptors (Lipinski definition) is 4. The van der Waals surface area contributed by atoms with Gasteiger partial charge in [0.1, 0.15) is 0 Å². The van der Waals surface area contributed by atoms with Crippen LogP contribution in [0.5, 0.6) is 0 Å². The maximum Gasteiger partial charge on any atom is 0.319 e. The molecule has 1 heterocycles. The van der Waals surface area contributed by atoms with Crippen LogP contribution in [0.2, 0.25) is 0 Å². The molecule has 2 aromatic rings. The molecule has 100 valence electrons. The molecule has 1 aromatic heterocycles. The second kappa shape index (κ2) is 6.50. The van der Waals surface area contributed by atoms with Gasteiger partial charge in [0.05, 0.1) is 12.7 Å². The molecule has 0 aliphatic carbocycles. The van der Waals surface area contributed by atoms with E-state index in [0.717, 1.165) is 11.3 Å². The van der Waals surface area contributed by atoms with Gasteiger partial charge < -0.3 is 16.4 Å². The van der Waals surface area contributed by atoms with Gasteiger partial charge in [0.15, 0.2) is 0 Å². The fourth-order valence-corrected chi connectivity index (χ4v) is 1.54. The molecular weight excluding hydrogens is 244 g/mol. The van der Waals surface area contributed by atoms with E-state index in [4.69, 9.17) is 5.73 Å². The van der Waals surface area contributed by atoms with Gasteiger partial charge >= 0.3 is 6.03 Å². The Labute approximate surface area is 110 Å². The molecule has 7 heteroatoms. The Hall–Kier alpha value is -2.41. The van der Waals surface area contributed by atoms with Crippen LogP contribution in [0.15, 0.2) is 36.7 Å². The summed E-state index contributed by atoms with van der Waals surface area (Å²) < 4.78 is 1.65. The molecule has 7 nitrogen and oxygen atoms in total. The fraction of sp³-hybridized carbons (Fsp3) is 0.250. The van der Waals surface area contributed by atoms with Gasteiger partial charge in [-0.15, -0.1) is 5.10 Å². The van der Waals surface area contributed by atoms with Crippen molar-refractivity contribution in [3.8, 4) is 0 Å². The summed E-state index contributed by atoms with van der Waals surface area (Å²) in [5, 5.41) is 12.9. The lowest BCUT2D eigenvalue weighted by Crippen LogP contribution is -2.31. The normalized spacial score (nSPS) is 10.2. The summed E-state index contributed by atoms with van der Waals surface area (Å²) in [5.41, 5.74) is 7.26. The molecule has 0 aliphatic heterocycles. The van der Waals surface area contributed by atoms with Crippen molar-refractivity contribution >= 4 is 11.7 Å². The van der Waals surface area contributed by atoms with Crippen LogP contribution in [-0.2, 0) is 13.1 Å². The van der Waals surface area contributed by atoms with Gasteiger partial charge in [0.2, 0.25) is 0 Å². The number of hydrogen-bond donors (Lipinski definition) is 3. The van der Waals surface area contributed by atoms with E-state index in [2.05, 4.69) is 20.9 Å². The zero-order valence-corrected chi connectivity index (χ0v) is 10.4. The third kappa shape index (κ3) is 4.07. The Kier molecular flexibility index (Phi) is 4.46. The van der Waals surface area contributed by atoms with Crippen molar-refractivity contribution in [1.29, 1.82) is 0 Å². The zero-order valence-electron chi connectivity index (χ0n) is 10.4. The number of benzene rings is 1. The van der Waals surface area contributed by atoms with Crippen LogP contribution in [0.3, 0.4) is 0 Å². The van der Waals surface area contributed by atoms with E-state index in [-0.39, 0.29) is 6.03 Å². The van der Waals surface area contributed by atoms with Gasteiger partial charge in [-0.1, -0.05) is 17.3 Å². The van der Waals surface area contributed by atoms with E-state index in [0.29, 0.717) is 19.6 Å². The van der Waals surface area contributed by atoms with Crippen molar-refractivity contribution in [1.82, 2.24) is 20.3 Å². The largest absolute Gasteiger partial charge is 0.336 e. The summed E-state index contributed by atoms with van der Waals surface area (Å²) in [7, 11) is 0. The first-order valence-electron chi connectivity index (χ1n) is 5.96. The lowest BCUT2D eigenvalue weighted by Gasteiger charge is -2.08. The second-order valence-corrected chi connectivity index (χ2v) is 3.95. The van der Waals surface area contributed by atoms with E-state index in [9.17, 15) is 4.79 Å². The maximum atomic E-state index is 11.6. The number of urea groups is 1. The van der Waals surface area contributed by atoms with Crippen molar-refractivity contribution < 1.29 is 4.79 Å². The van der Waals surface area contributed by atoms with Crippen molar-refractivity contribution in [3.05, 3.63) is 42.2 Å². The van der Waals surface area contributed by atoms with Crippen LogP contribution in [-0.4, -0.2) is 27.6 Å². The van der Waals surface area contributed by atoms with Gasteiger partial charge in [-0.2, -0.15) is 0 Å². The topological polar surface area (TPSA) is 97.9 Å². The number of anilines is 1. The highest BCUT2D eigenvalue weighted by Crippen LogP contribution is 2.08. The van der Waals surface area contributed by atoms with Crippen molar-refractivity contribution in [2.75, 3.05) is 11.9 Å². The lowest BCUT2D eigenvalue weighted by atomic mass is 10.2. The molecule has 0 radical (unpaired) electrons. The lowest BCUT2D eigenvalue weighted by molar-refractivity contribution is 0.251. The summed E-state index contributed by atoms with van der Waals surface area (Å²) in [6.45, 7) is 1.56. The van der Waals surface area contributed by atoms with Crippen molar-refractivity contribution in [2.45, 2.75) is 13.1 Å². The fourth-order valence-electron chi connectivity index (χ4n) is 1.54.